The van der Waals surface area contributed by atoms with Crippen molar-refractivity contribution in [3.8, 4) is 6.07 Å². The number of hydrogen-bond donors (Lipinski definition) is 2. The highest BCUT2D eigenvalue weighted by Crippen LogP contribution is 2.35. The van der Waals surface area contributed by atoms with Crippen LogP contribution in [0.15, 0.2) is 52.0 Å². The number of rotatable bonds is 6. The molecule has 2 heterocycles. The molecule has 2 aliphatic heterocycles. The van der Waals surface area contributed by atoms with Gasteiger partial charge in [-0.25, -0.2) is 0 Å². The lowest BCUT2D eigenvalue weighted by molar-refractivity contribution is -0.152. The number of nitriles is 1. The third-order valence-electron chi connectivity index (χ3n) is 5.80. The summed E-state index contributed by atoms with van der Waals surface area (Å²) < 4.78 is 12.3. The van der Waals surface area contributed by atoms with E-state index >= 15 is 0 Å². The summed E-state index contributed by atoms with van der Waals surface area (Å²) in [5.74, 6) is -2.11. The molecular formula is C23H23BrN4O5. The number of amides is 3. The molecule has 0 unspecified atom stereocenters. The Balaban J connectivity index is 1.38. The quantitative estimate of drug-likeness (QED) is 0.592. The SMILES string of the molecule is N#CC1=CCC(CNC(=O)[C@@H]2CC3(CN2C(=O)CNC(=O)c2ccc(Br)cc2)OCCO3)=C1. The van der Waals surface area contributed by atoms with Gasteiger partial charge < -0.3 is 25.0 Å². The van der Waals surface area contributed by atoms with Crippen molar-refractivity contribution < 1.29 is 23.9 Å². The van der Waals surface area contributed by atoms with Crippen LogP contribution in [0.2, 0.25) is 0 Å². The molecule has 1 aromatic rings. The Hall–Kier alpha value is -3.00. The van der Waals surface area contributed by atoms with E-state index in [1.165, 1.54) is 4.90 Å². The fraction of sp³-hybridized carbons (Fsp3) is 0.391. The maximum Gasteiger partial charge on any atom is 0.251 e. The summed E-state index contributed by atoms with van der Waals surface area (Å²) in [4.78, 5) is 39.8. The first-order valence-corrected chi connectivity index (χ1v) is 11.4. The van der Waals surface area contributed by atoms with Crippen LogP contribution >= 0.6 is 15.9 Å². The number of ether oxygens (including phenoxy) is 2. The van der Waals surface area contributed by atoms with E-state index < -0.39 is 17.7 Å². The van der Waals surface area contributed by atoms with Crippen LogP contribution in [-0.4, -0.2) is 67.3 Å². The second-order valence-corrected chi connectivity index (χ2v) is 8.95. The Labute approximate surface area is 199 Å². The van der Waals surface area contributed by atoms with Crippen LogP contribution in [-0.2, 0) is 19.1 Å². The van der Waals surface area contributed by atoms with Crippen molar-refractivity contribution in [2.75, 3.05) is 32.8 Å². The topological polar surface area (TPSA) is 121 Å². The molecule has 0 saturated carbocycles. The normalized spacial score (nSPS) is 20.8. The van der Waals surface area contributed by atoms with Crippen molar-refractivity contribution in [3.63, 3.8) is 0 Å². The minimum absolute atomic E-state index is 0.112. The highest BCUT2D eigenvalue weighted by Gasteiger charge is 2.52. The Bertz CT molecular complexity index is 1050. The second-order valence-electron chi connectivity index (χ2n) is 8.03. The number of nitrogens with zero attached hydrogens (tertiary/aromatic N) is 2. The van der Waals surface area contributed by atoms with E-state index in [-0.39, 0.29) is 37.9 Å². The lowest BCUT2D eigenvalue weighted by Gasteiger charge is -2.24. The standard InChI is InChI=1S/C23H23BrN4O5/c24-18-5-3-17(4-6-18)21(30)27-13-20(29)28-14-23(32-7-8-33-23)10-19(28)22(31)26-12-16-2-1-15(9-16)11-25/h1,3-6,9,19H,2,7-8,10,12-14H2,(H,26,31)(H,27,30)/t19-/m0/s1. The first-order valence-electron chi connectivity index (χ1n) is 10.6. The van der Waals surface area contributed by atoms with Crippen LogP contribution < -0.4 is 10.6 Å². The third kappa shape index (κ3) is 5.33. The van der Waals surface area contributed by atoms with Gasteiger partial charge in [0.15, 0.2) is 5.79 Å². The lowest BCUT2D eigenvalue weighted by Crippen LogP contribution is -2.49. The van der Waals surface area contributed by atoms with Crippen molar-refractivity contribution in [2.24, 2.45) is 0 Å². The van der Waals surface area contributed by atoms with Gasteiger partial charge in [0.1, 0.15) is 6.04 Å². The van der Waals surface area contributed by atoms with Crippen LogP contribution in [0.25, 0.3) is 0 Å². The Kier molecular flexibility index (Phi) is 6.93. The molecule has 1 atom stereocenters. The molecule has 9 nitrogen and oxygen atoms in total. The zero-order chi connectivity index (χ0) is 23.4. The number of likely N-dealkylation sites (tertiary alicyclic amines) is 1. The number of carbonyl (C=O) groups is 3. The minimum atomic E-state index is -1.00. The van der Waals surface area contributed by atoms with E-state index in [1.807, 2.05) is 0 Å². The molecule has 4 rings (SSSR count). The van der Waals surface area contributed by atoms with Gasteiger partial charge in [-0.05, 0) is 42.3 Å². The van der Waals surface area contributed by atoms with Crippen molar-refractivity contribution in [3.05, 3.63) is 57.6 Å². The predicted octanol–water partition coefficient (Wildman–Crippen LogP) is 1.42. The largest absolute Gasteiger partial charge is 0.351 e. The molecule has 1 aliphatic carbocycles. The molecule has 0 radical (unpaired) electrons. The number of carbonyl (C=O) groups excluding carboxylic acids is 3. The van der Waals surface area contributed by atoms with Crippen molar-refractivity contribution in [2.45, 2.75) is 24.7 Å². The number of allylic oxidation sites excluding steroid dienone is 3. The Morgan fingerprint density at radius 2 is 1.91 bits per heavy atom. The molecule has 2 fully saturated rings. The molecule has 1 spiro atoms. The average molecular weight is 515 g/mol. The van der Waals surface area contributed by atoms with Gasteiger partial charge in [0.25, 0.3) is 5.91 Å². The number of halogens is 1. The summed E-state index contributed by atoms with van der Waals surface area (Å²) in [7, 11) is 0. The van der Waals surface area contributed by atoms with E-state index in [9.17, 15) is 14.4 Å². The summed E-state index contributed by atoms with van der Waals surface area (Å²) in [5.41, 5.74) is 1.92. The van der Waals surface area contributed by atoms with E-state index in [1.54, 1.807) is 36.4 Å². The highest BCUT2D eigenvalue weighted by molar-refractivity contribution is 9.10. The number of nitrogens with one attached hydrogen (secondary N) is 2. The van der Waals surface area contributed by atoms with E-state index in [2.05, 4.69) is 32.6 Å². The molecule has 10 heteroatoms. The third-order valence-corrected chi connectivity index (χ3v) is 6.33. The predicted molar refractivity (Wildman–Crippen MR) is 121 cm³/mol. The maximum absolute atomic E-state index is 13.0. The van der Waals surface area contributed by atoms with Gasteiger partial charge in [0.05, 0.1) is 32.4 Å². The molecule has 2 saturated heterocycles. The molecule has 3 amide bonds. The molecule has 33 heavy (non-hydrogen) atoms. The fourth-order valence-electron chi connectivity index (χ4n) is 4.10. The summed E-state index contributed by atoms with van der Waals surface area (Å²) in [6, 6.07) is 8.07. The van der Waals surface area contributed by atoms with Crippen LogP contribution in [0.3, 0.4) is 0 Å². The molecule has 0 bridgehead atoms. The molecule has 2 N–H and O–H groups in total. The van der Waals surface area contributed by atoms with Gasteiger partial charge in [0, 0.05) is 28.6 Å². The molecule has 3 aliphatic rings. The monoisotopic (exact) mass is 514 g/mol. The average Bonchev–Trinajstić information content (AvgIpc) is 3.56. The number of hydrogen-bond acceptors (Lipinski definition) is 6. The molecule has 172 valence electrons. The molecule has 1 aromatic carbocycles. The first-order chi connectivity index (χ1) is 15.9. The molecular weight excluding hydrogens is 492 g/mol. The first kappa shape index (κ1) is 23.2. The van der Waals surface area contributed by atoms with Crippen molar-refractivity contribution in [1.82, 2.24) is 15.5 Å². The second kappa shape index (κ2) is 9.87. The zero-order valence-electron chi connectivity index (χ0n) is 17.8. The summed E-state index contributed by atoms with van der Waals surface area (Å²) in [6.45, 7) is 0.933. The number of benzene rings is 1. The Morgan fingerprint density at radius 1 is 1.18 bits per heavy atom. The zero-order valence-corrected chi connectivity index (χ0v) is 19.4. The van der Waals surface area contributed by atoms with E-state index in [0.29, 0.717) is 30.8 Å². The maximum atomic E-state index is 13.0. The van der Waals surface area contributed by atoms with Gasteiger partial charge in [-0.1, -0.05) is 22.0 Å². The highest BCUT2D eigenvalue weighted by atomic mass is 79.9. The minimum Gasteiger partial charge on any atom is -0.351 e. The van der Waals surface area contributed by atoms with Crippen LogP contribution in [0, 0.1) is 11.3 Å². The van der Waals surface area contributed by atoms with Crippen LogP contribution in [0.5, 0.6) is 0 Å². The summed E-state index contributed by atoms with van der Waals surface area (Å²) in [5, 5.41) is 14.4. The summed E-state index contributed by atoms with van der Waals surface area (Å²) >= 11 is 3.32. The van der Waals surface area contributed by atoms with Crippen molar-refractivity contribution >= 4 is 33.7 Å². The van der Waals surface area contributed by atoms with Gasteiger partial charge in [-0.2, -0.15) is 5.26 Å². The smallest absolute Gasteiger partial charge is 0.251 e. The summed E-state index contributed by atoms with van der Waals surface area (Å²) in [6.07, 6.45) is 4.37. The van der Waals surface area contributed by atoms with E-state index in [4.69, 9.17) is 14.7 Å². The van der Waals surface area contributed by atoms with Gasteiger partial charge in [-0.15, -0.1) is 0 Å². The van der Waals surface area contributed by atoms with Crippen LogP contribution in [0.1, 0.15) is 23.2 Å². The lowest BCUT2D eigenvalue weighted by atomic mass is 10.1. The Morgan fingerprint density at radius 3 is 2.58 bits per heavy atom. The van der Waals surface area contributed by atoms with Gasteiger partial charge in [0.2, 0.25) is 11.8 Å². The van der Waals surface area contributed by atoms with E-state index in [0.717, 1.165) is 10.0 Å². The fourth-order valence-corrected chi connectivity index (χ4v) is 4.36. The van der Waals surface area contributed by atoms with Crippen molar-refractivity contribution in [1.29, 1.82) is 5.26 Å². The molecule has 0 aromatic heterocycles. The van der Waals surface area contributed by atoms with Gasteiger partial charge in [-0.3, -0.25) is 14.4 Å². The van der Waals surface area contributed by atoms with Crippen LogP contribution in [0.4, 0.5) is 0 Å². The van der Waals surface area contributed by atoms with Gasteiger partial charge >= 0.3 is 0 Å².